The average molecular weight is 492 g/mol. The molecule has 0 unspecified atom stereocenters. The van der Waals surface area contributed by atoms with Crippen molar-refractivity contribution in [3.63, 3.8) is 0 Å². The Bertz CT molecular complexity index is 1200. The van der Waals surface area contributed by atoms with Crippen LogP contribution in [-0.4, -0.2) is 25.3 Å². The SMILES string of the molecule is Cc1cccc(Cl)c1S(=O)(=O)Oc1ccc(CN(C(=O)c2ccccc2Cl)C(C)C)cc1. The van der Waals surface area contributed by atoms with Gasteiger partial charge in [0.15, 0.2) is 0 Å². The second-order valence-electron chi connectivity index (χ2n) is 7.57. The first-order valence-electron chi connectivity index (χ1n) is 9.94. The molecule has 3 rings (SSSR count). The number of carbonyl (C=O) groups excluding carboxylic acids is 1. The van der Waals surface area contributed by atoms with Crippen LogP contribution in [0.5, 0.6) is 5.75 Å². The molecule has 0 saturated carbocycles. The van der Waals surface area contributed by atoms with E-state index in [4.69, 9.17) is 27.4 Å². The van der Waals surface area contributed by atoms with Crippen LogP contribution in [0.2, 0.25) is 10.0 Å². The molecule has 1 amide bonds. The lowest BCUT2D eigenvalue weighted by molar-refractivity contribution is 0.0690. The van der Waals surface area contributed by atoms with Crippen molar-refractivity contribution in [2.75, 3.05) is 0 Å². The monoisotopic (exact) mass is 491 g/mol. The van der Waals surface area contributed by atoms with Gasteiger partial charge < -0.3 is 9.08 Å². The van der Waals surface area contributed by atoms with Gasteiger partial charge in [0, 0.05) is 12.6 Å². The van der Waals surface area contributed by atoms with Gasteiger partial charge in [0.1, 0.15) is 10.6 Å². The van der Waals surface area contributed by atoms with E-state index in [0.717, 1.165) is 5.56 Å². The lowest BCUT2D eigenvalue weighted by atomic mass is 10.1. The quantitative estimate of drug-likeness (QED) is 0.373. The van der Waals surface area contributed by atoms with Crippen LogP contribution in [0, 0.1) is 6.92 Å². The minimum atomic E-state index is -4.09. The third-order valence-electron chi connectivity index (χ3n) is 4.88. The Morgan fingerprint density at radius 2 is 1.56 bits per heavy atom. The molecule has 168 valence electrons. The van der Waals surface area contributed by atoms with Gasteiger partial charge in [-0.15, -0.1) is 0 Å². The van der Waals surface area contributed by atoms with Crippen LogP contribution >= 0.6 is 23.2 Å². The van der Waals surface area contributed by atoms with Crippen LogP contribution in [0.4, 0.5) is 0 Å². The first-order valence-corrected chi connectivity index (χ1v) is 12.1. The topological polar surface area (TPSA) is 63.7 Å². The highest BCUT2D eigenvalue weighted by Crippen LogP contribution is 2.28. The molecule has 5 nitrogen and oxygen atoms in total. The summed E-state index contributed by atoms with van der Waals surface area (Å²) in [6, 6.07) is 18.2. The third-order valence-corrected chi connectivity index (χ3v) is 7.09. The fourth-order valence-corrected chi connectivity index (χ4v) is 5.17. The van der Waals surface area contributed by atoms with Gasteiger partial charge in [0.25, 0.3) is 5.91 Å². The summed E-state index contributed by atoms with van der Waals surface area (Å²) in [5.74, 6) is -0.0238. The lowest BCUT2D eigenvalue weighted by Gasteiger charge is -2.27. The van der Waals surface area contributed by atoms with Crippen molar-refractivity contribution in [1.82, 2.24) is 4.90 Å². The number of benzene rings is 3. The molecule has 0 N–H and O–H groups in total. The molecular formula is C24H23Cl2NO4S. The zero-order chi connectivity index (χ0) is 23.5. The van der Waals surface area contributed by atoms with Crippen molar-refractivity contribution in [2.24, 2.45) is 0 Å². The minimum absolute atomic E-state index is 0.0536. The molecule has 0 heterocycles. The summed E-state index contributed by atoms with van der Waals surface area (Å²) in [6.07, 6.45) is 0. The van der Waals surface area contributed by atoms with E-state index in [-0.39, 0.29) is 27.6 Å². The van der Waals surface area contributed by atoms with E-state index < -0.39 is 10.1 Å². The van der Waals surface area contributed by atoms with Gasteiger partial charge in [-0.05, 0) is 62.2 Å². The average Bonchev–Trinajstić information content (AvgIpc) is 2.72. The Morgan fingerprint density at radius 1 is 0.938 bits per heavy atom. The molecule has 32 heavy (non-hydrogen) atoms. The van der Waals surface area contributed by atoms with Crippen LogP contribution in [-0.2, 0) is 16.7 Å². The normalized spacial score (nSPS) is 11.4. The maximum Gasteiger partial charge on any atom is 0.340 e. The molecule has 0 fully saturated rings. The van der Waals surface area contributed by atoms with Crippen molar-refractivity contribution < 1.29 is 17.4 Å². The fraction of sp³-hybridized carbons (Fsp3) is 0.208. The summed E-state index contributed by atoms with van der Waals surface area (Å²) < 4.78 is 30.7. The second kappa shape index (κ2) is 9.94. The molecule has 3 aromatic carbocycles. The van der Waals surface area contributed by atoms with Gasteiger partial charge >= 0.3 is 10.1 Å². The number of carbonyl (C=O) groups is 1. The predicted octanol–water partition coefficient (Wildman–Crippen LogP) is 6.12. The van der Waals surface area contributed by atoms with Crippen molar-refractivity contribution >= 4 is 39.2 Å². The summed E-state index contributed by atoms with van der Waals surface area (Å²) in [5.41, 5.74) is 1.75. The van der Waals surface area contributed by atoms with Gasteiger partial charge in [-0.3, -0.25) is 4.79 Å². The maximum absolute atomic E-state index is 13.0. The van der Waals surface area contributed by atoms with Crippen LogP contribution in [0.1, 0.15) is 35.3 Å². The standard InChI is InChI=1S/C24H23Cl2NO4S/c1-16(2)27(24(28)20-8-4-5-9-21(20)25)15-18-11-13-19(14-12-18)31-32(29,30)23-17(3)7-6-10-22(23)26/h4-14,16H,15H2,1-3H3. The molecule has 0 bridgehead atoms. The molecule has 0 aliphatic carbocycles. The molecule has 0 saturated heterocycles. The molecule has 0 spiro atoms. The van der Waals surface area contributed by atoms with Gasteiger partial charge in [-0.25, -0.2) is 0 Å². The van der Waals surface area contributed by atoms with E-state index >= 15 is 0 Å². The molecule has 0 aromatic heterocycles. The molecule has 0 atom stereocenters. The largest absolute Gasteiger partial charge is 0.379 e. The minimum Gasteiger partial charge on any atom is -0.379 e. The lowest BCUT2D eigenvalue weighted by Crippen LogP contribution is -2.36. The number of halogens is 2. The second-order valence-corrected chi connectivity index (χ2v) is 9.87. The third kappa shape index (κ3) is 5.44. The smallest absolute Gasteiger partial charge is 0.340 e. The highest BCUT2D eigenvalue weighted by molar-refractivity contribution is 7.87. The number of hydrogen-bond donors (Lipinski definition) is 0. The van der Waals surface area contributed by atoms with Crippen LogP contribution in [0.3, 0.4) is 0 Å². The maximum atomic E-state index is 13.0. The van der Waals surface area contributed by atoms with E-state index in [1.807, 2.05) is 13.8 Å². The highest BCUT2D eigenvalue weighted by Gasteiger charge is 2.24. The van der Waals surface area contributed by atoms with Crippen LogP contribution in [0.15, 0.2) is 71.6 Å². The van der Waals surface area contributed by atoms with E-state index in [1.54, 1.807) is 72.5 Å². The summed E-state index contributed by atoms with van der Waals surface area (Å²) >= 11 is 12.3. The Balaban J connectivity index is 1.79. The fourth-order valence-electron chi connectivity index (χ4n) is 3.23. The Kier molecular flexibility index (Phi) is 7.49. The van der Waals surface area contributed by atoms with Crippen molar-refractivity contribution in [2.45, 2.75) is 38.3 Å². The van der Waals surface area contributed by atoms with Crippen LogP contribution < -0.4 is 4.18 Å². The first-order chi connectivity index (χ1) is 15.1. The van der Waals surface area contributed by atoms with Gasteiger partial charge in [0.05, 0.1) is 15.6 Å². The van der Waals surface area contributed by atoms with Crippen molar-refractivity contribution in [3.8, 4) is 5.75 Å². The number of amides is 1. The van der Waals surface area contributed by atoms with Gasteiger partial charge in [0.2, 0.25) is 0 Å². The molecular weight excluding hydrogens is 469 g/mol. The molecule has 0 aliphatic rings. The Hall–Kier alpha value is -2.54. The van der Waals surface area contributed by atoms with E-state index in [1.165, 1.54) is 6.07 Å². The number of nitrogens with zero attached hydrogens (tertiary/aromatic N) is 1. The highest BCUT2D eigenvalue weighted by atomic mass is 35.5. The molecule has 0 radical (unpaired) electrons. The van der Waals surface area contributed by atoms with Gasteiger partial charge in [-0.1, -0.05) is 59.6 Å². The molecule has 8 heteroatoms. The number of hydrogen-bond acceptors (Lipinski definition) is 4. The zero-order valence-corrected chi connectivity index (χ0v) is 20.2. The van der Waals surface area contributed by atoms with E-state index in [9.17, 15) is 13.2 Å². The molecule has 0 aliphatic heterocycles. The summed E-state index contributed by atoms with van der Waals surface area (Å²) in [4.78, 5) is 14.7. The summed E-state index contributed by atoms with van der Waals surface area (Å²) in [5, 5.41) is 0.499. The Morgan fingerprint density at radius 3 is 2.16 bits per heavy atom. The first kappa shape index (κ1) is 24.1. The zero-order valence-electron chi connectivity index (χ0n) is 17.9. The summed E-state index contributed by atoms with van der Waals surface area (Å²) in [6.45, 7) is 5.83. The predicted molar refractivity (Wildman–Crippen MR) is 127 cm³/mol. The van der Waals surface area contributed by atoms with Crippen molar-refractivity contribution in [3.05, 3.63) is 93.5 Å². The Labute approximate surface area is 198 Å². The molecule has 3 aromatic rings. The summed E-state index contributed by atoms with van der Waals surface area (Å²) in [7, 11) is -4.09. The number of aryl methyl sites for hydroxylation is 1. The van der Waals surface area contributed by atoms with E-state index in [0.29, 0.717) is 22.7 Å². The van der Waals surface area contributed by atoms with Crippen molar-refractivity contribution in [1.29, 1.82) is 0 Å². The van der Waals surface area contributed by atoms with Crippen LogP contribution in [0.25, 0.3) is 0 Å². The van der Waals surface area contributed by atoms with E-state index in [2.05, 4.69) is 0 Å². The number of rotatable bonds is 7. The van der Waals surface area contributed by atoms with Gasteiger partial charge in [-0.2, -0.15) is 8.42 Å².